The largest absolute Gasteiger partial charge is 0.462 e. The van der Waals surface area contributed by atoms with Gasteiger partial charge in [0.15, 0.2) is 6.10 Å². The zero-order valence-corrected chi connectivity index (χ0v) is 42.8. The van der Waals surface area contributed by atoms with Gasteiger partial charge in [0.2, 0.25) is 0 Å². The van der Waals surface area contributed by atoms with Crippen molar-refractivity contribution in [3.63, 3.8) is 0 Å². The Bertz CT molecular complexity index is 1080. The standard InChI is InChI=1S/C58H106O6/c1-4-7-10-13-16-19-22-25-27-28-29-30-31-34-36-39-42-45-48-51-57(60)63-54-55(53-62-56(59)50-47-44-41-38-35-32-24-21-18-15-12-9-6-3)64-58(61)52-49-46-43-40-37-33-26-23-20-17-14-11-8-5-2/h9,12,15,18,21,24,55H,4-8,10-11,13-14,16-17,19-20,22-23,25-54H2,1-3H3/b12-9+,18-15+,24-21+. The minimum absolute atomic E-state index is 0.0740. The summed E-state index contributed by atoms with van der Waals surface area (Å²) in [5.74, 6) is -0.878. The van der Waals surface area contributed by atoms with E-state index in [4.69, 9.17) is 14.2 Å². The normalized spacial score (nSPS) is 12.2. The third-order valence-corrected chi connectivity index (χ3v) is 12.5. The molecule has 0 rings (SSSR count). The Morgan fingerprint density at radius 1 is 0.328 bits per heavy atom. The molecule has 0 heterocycles. The fourth-order valence-electron chi connectivity index (χ4n) is 8.27. The summed E-state index contributed by atoms with van der Waals surface area (Å²) in [5, 5.41) is 0. The minimum Gasteiger partial charge on any atom is -0.462 e. The molecule has 0 aromatic carbocycles. The van der Waals surface area contributed by atoms with Gasteiger partial charge in [-0.2, -0.15) is 0 Å². The van der Waals surface area contributed by atoms with E-state index in [2.05, 4.69) is 57.2 Å². The number of hydrogen-bond donors (Lipinski definition) is 0. The highest BCUT2D eigenvalue weighted by Crippen LogP contribution is 2.17. The van der Waals surface area contributed by atoms with E-state index in [-0.39, 0.29) is 31.1 Å². The van der Waals surface area contributed by atoms with E-state index in [1.54, 1.807) is 0 Å². The van der Waals surface area contributed by atoms with Gasteiger partial charge in [0.05, 0.1) is 0 Å². The minimum atomic E-state index is -0.775. The molecule has 0 N–H and O–H groups in total. The van der Waals surface area contributed by atoms with Crippen LogP contribution in [0.2, 0.25) is 0 Å². The maximum absolute atomic E-state index is 12.8. The van der Waals surface area contributed by atoms with Crippen molar-refractivity contribution in [1.29, 1.82) is 0 Å². The molecular formula is C58H106O6. The molecule has 0 bridgehead atoms. The lowest BCUT2D eigenvalue weighted by Gasteiger charge is -2.18. The molecule has 0 saturated carbocycles. The zero-order valence-electron chi connectivity index (χ0n) is 42.8. The molecule has 0 aromatic rings. The average molecular weight is 899 g/mol. The Morgan fingerprint density at radius 2 is 0.609 bits per heavy atom. The Kier molecular flexibility index (Phi) is 51.3. The molecule has 0 aliphatic carbocycles. The summed E-state index contributed by atoms with van der Waals surface area (Å²) in [5.41, 5.74) is 0. The highest BCUT2D eigenvalue weighted by atomic mass is 16.6. The maximum Gasteiger partial charge on any atom is 0.306 e. The van der Waals surface area contributed by atoms with E-state index in [1.165, 1.54) is 173 Å². The predicted octanol–water partition coefficient (Wildman–Crippen LogP) is 18.5. The smallest absolute Gasteiger partial charge is 0.306 e. The van der Waals surface area contributed by atoms with Crippen LogP contribution in [0.4, 0.5) is 0 Å². The van der Waals surface area contributed by atoms with E-state index >= 15 is 0 Å². The number of esters is 3. The van der Waals surface area contributed by atoms with Crippen LogP contribution in [-0.2, 0) is 28.6 Å². The van der Waals surface area contributed by atoms with Crippen LogP contribution in [0.25, 0.3) is 0 Å². The second kappa shape index (κ2) is 53.2. The molecular weight excluding hydrogens is 793 g/mol. The first-order chi connectivity index (χ1) is 31.5. The molecule has 0 spiro atoms. The first-order valence-corrected chi connectivity index (χ1v) is 28.0. The SMILES string of the molecule is CC/C=C/C=C/C=C/CCCCCCCC(=O)OCC(COC(=O)CCCCCCCCCCCCCCCCCCCCC)OC(=O)CCCCCCCCCCCCCCCC. The van der Waals surface area contributed by atoms with Gasteiger partial charge < -0.3 is 14.2 Å². The second-order valence-electron chi connectivity index (χ2n) is 18.9. The highest BCUT2D eigenvalue weighted by molar-refractivity contribution is 5.71. The highest BCUT2D eigenvalue weighted by Gasteiger charge is 2.19. The van der Waals surface area contributed by atoms with E-state index in [1.807, 2.05) is 0 Å². The van der Waals surface area contributed by atoms with E-state index in [9.17, 15) is 14.4 Å². The van der Waals surface area contributed by atoms with E-state index < -0.39 is 6.10 Å². The Balaban J connectivity index is 4.31. The lowest BCUT2D eigenvalue weighted by atomic mass is 10.0. The number of carbonyl (C=O) groups excluding carboxylic acids is 3. The Labute approximate surface area is 397 Å². The van der Waals surface area contributed by atoms with Gasteiger partial charge in [0, 0.05) is 19.3 Å². The summed E-state index contributed by atoms with van der Waals surface area (Å²) >= 11 is 0. The van der Waals surface area contributed by atoms with Crippen LogP contribution < -0.4 is 0 Å². The summed E-state index contributed by atoms with van der Waals surface area (Å²) < 4.78 is 16.8. The van der Waals surface area contributed by atoms with Crippen LogP contribution in [-0.4, -0.2) is 37.2 Å². The average Bonchev–Trinajstić information content (AvgIpc) is 3.29. The Hall–Kier alpha value is -2.37. The molecule has 0 aromatic heterocycles. The summed E-state index contributed by atoms with van der Waals surface area (Å²) in [6, 6.07) is 0. The molecule has 0 fully saturated rings. The first kappa shape index (κ1) is 61.6. The van der Waals surface area contributed by atoms with Crippen molar-refractivity contribution in [2.45, 2.75) is 303 Å². The lowest BCUT2D eigenvalue weighted by Crippen LogP contribution is -2.30. The molecule has 0 amide bonds. The molecule has 374 valence electrons. The summed E-state index contributed by atoms with van der Waals surface area (Å²) in [4.78, 5) is 38.1. The van der Waals surface area contributed by atoms with Gasteiger partial charge in [0.1, 0.15) is 13.2 Å². The van der Waals surface area contributed by atoms with Crippen LogP contribution in [0.15, 0.2) is 36.5 Å². The van der Waals surface area contributed by atoms with E-state index in [0.29, 0.717) is 19.3 Å². The molecule has 6 nitrogen and oxygen atoms in total. The van der Waals surface area contributed by atoms with Crippen molar-refractivity contribution in [3.8, 4) is 0 Å². The molecule has 0 saturated heterocycles. The number of allylic oxidation sites excluding steroid dienone is 6. The fourth-order valence-corrected chi connectivity index (χ4v) is 8.27. The number of unbranched alkanes of at least 4 members (excludes halogenated alkanes) is 36. The fraction of sp³-hybridized carbons (Fsp3) is 0.845. The molecule has 1 atom stereocenters. The first-order valence-electron chi connectivity index (χ1n) is 28.0. The van der Waals surface area contributed by atoms with Gasteiger partial charge in [0.25, 0.3) is 0 Å². The van der Waals surface area contributed by atoms with Crippen molar-refractivity contribution < 1.29 is 28.6 Å². The van der Waals surface area contributed by atoms with Crippen molar-refractivity contribution in [2.24, 2.45) is 0 Å². The van der Waals surface area contributed by atoms with Crippen LogP contribution in [0.3, 0.4) is 0 Å². The van der Waals surface area contributed by atoms with Gasteiger partial charge in [-0.25, -0.2) is 0 Å². The van der Waals surface area contributed by atoms with Gasteiger partial charge in [-0.1, -0.05) is 276 Å². The molecule has 0 aliphatic heterocycles. The van der Waals surface area contributed by atoms with Crippen molar-refractivity contribution >= 4 is 17.9 Å². The summed E-state index contributed by atoms with van der Waals surface area (Å²) in [6.45, 7) is 6.53. The molecule has 0 radical (unpaired) electrons. The summed E-state index contributed by atoms with van der Waals surface area (Å²) in [6.07, 6.45) is 62.8. The lowest BCUT2D eigenvalue weighted by molar-refractivity contribution is -0.167. The monoisotopic (exact) mass is 899 g/mol. The number of ether oxygens (including phenoxy) is 3. The van der Waals surface area contributed by atoms with Crippen molar-refractivity contribution in [2.75, 3.05) is 13.2 Å². The van der Waals surface area contributed by atoms with Gasteiger partial charge in [-0.3, -0.25) is 14.4 Å². The molecule has 0 aliphatic rings. The quantitative estimate of drug-likeness (QED) is 0.0262. The van der Waals surface area contributed by atoms with Gasteiger partial charge >= 0.3 is 17.9 Å². The van der Waals surface area contributed by atoms with Crippen LogP contribution in [0.5, 0.6) is 0 Å². The summed E-state index contributed by atoms with van der Waals surface area (Å²) in [7, 11) is 0. The number of carbonyl (C=O) groups is 3. The van der Waals surface area contributed by atoms with Crippen molar-refractivity contribution in [1.82, 2.24) is 0 Å². The maximum atomic E-state index is 12.8. The molecule has 6 heteroatoms. The second-order valence-corrected chi connectivity index (χ2v) is 18.9. The van der Waals surface area contributed by atoms with Crippen LogP contribution in [0.1, 0.15) is 297 Å². The molecule has 64 heavy (non-hydrogen) atoms. The third kappa shape index (κ3) is 50.6. The topological polar surface area (TPSA) is 78.9 Å². The Morgan fingerprint density at radius 3 is 0.938 bits per heavy atom. The molecule has 1 unspecified atom stereocenters. The number of rotatable bonds is 51. The zero-order chi connectivity index (χ0) is 46.5. The number of hydrogen-bond acceptors (Lipinski definition) is 6. The van der Waals surface area contributed by atoms with E-state index in [0.717, 1.165) is 83.5 Å². The van der Waals surface area contributed by atoms with Crippen LogP contribution >= 0.6 is 0 Å². The third-order valence-electron chi connectivity index (χ3n) is 12.5. The van der Waals surface area contributed by atoms with Crippen molar-refractivity contribution in [3.05, 3.63) is 36.5 Å². The van der Waals surface area contributed by atoms with Gasteiger partial charge in [-0.15, -0.1) is 0 Å². The van der Waals surface area contributed by atoms with Crippen LogP contribution in [0, 0.1) is 0 Å². The predicted molar refractivity (Wildman–Crippen MR) is 275 cm³/mol. The van der Waals surface area contributed by atoms with Gasteiger partial charge in [-0.05, 0) is 38.5 Å².